The van der Waals surface area contributed by atoms with Gasteiger partial charge in [-0.25, -0.2) is 0 Å². The summed E-state index contributed by atoms with van der Waals surface area (Å²) in [4.78, 5) is 15.1. The second-order valence-electron chi connectivity index (χ2n) is 7.11. The van der Waals surface area contributed by atoms with E-state index >= 15 is 0 Å². The maximum absolute atomic E-state index is 12.5. The number of hydrogen-bond donors (Lipinski definition) is 1. The van der Waals surface area contributed by atoms with Gasteiger partial charge >= 0.3 is 0 Å². The van der Waals surface area contributed by atoms with E-state index in [1.54, 1.807) is 10.7 Å². The van der Waals surface area contributed by atoms with Gasteiger partial charge in [-0.15, -0.1) is 10.2 Å². The number of amides is 1. The molecule has 6 nitrogen and oxygen atoms in total. The molecule has 0 bridgehead atoms. The van der Waals surface area contributed by atoms with Crippen LogP contribution in [0, 0.1) is 5.92 Å². The molecule has 1 amide bonds. The van der Waals surface area contributed by atoms with Crippen LogP contribution in [0.15, 0.2) is 24.7 Å². The number of pyridine rings is 1. The van der Waals surface area contributed by atoms with Crippen LogP contribution in [0.25, 0.3) is 5.65 Å². The highest BCUT2D eigenvalue weighted by Crippen LogP contribution is 2.27. The van der Waals surface area contributed by atoms with Crippen molar-refractivity contribution in [3.63, 3.8) is 0 Å². The van der Waals surface area contributed by atoms with Gasteiger partial charge in [0, 0.05) is 18.8 Å². The minimum atomic E-state index is -0.0492. The van der Waals surface area contributed by atoms with Crippen molar-refractivity contribution in [1.29, 1.82) is 0 Å². The fourth-order valence-electron chi connectivity index (χ4n) is 4.15. The Balaban J connectivity index is 1.29. The zero-order valence-electron chi connectivity index (χ0n) is 14.0. The van der Waals surface area contributed by atoms with E-state index in [4.69, 9.17) is 0 Å². The van der Waals surface area contributed by atoms with Gasteiger partial charge in [0.05, 0.1) is 5.56 Å². The summed E-state index contributed by atoms with van der Waals surface area (Å²) in [7, 11) is 0. The molecule has 1 saturated carbocycles. The molecule has 0 aromatic carbocycles. The number of nitrogens with zero attached hydrogens (tertiary/aromatic N) is 4. The van der Waals surface area contributed by atoms with Crippen molar-refractivity contribution in [3.8, 4) is 0 Å². The Morgan fingerprint density at radius 1 is 1.21 bits per heavy atom. The lowest BCUT2D eigenvalue weighted by Crippen LogP contribution is -2.42. The first-order valence-electron chi connectivity index (χ1n) is 9.12. The Hall–Kier alpha value is -1.95. The number of likely N-dealkylation sites (tertiary alicyclic amines) is 1. The quantitative estimate of drug-likeness (QED) is 0.934. The molecule has 0 radical (unpaired) electrons. The van der Waals surface area contributed by atoms with E-state index < -0.39 is 0 Å². The second kappa shape index (κ2) is 6.89. The molecule has 1 saturated heterocycles. The monoisotopic (exact) mass is 327 g/mol. The lowest BCUT2D eigenvalue weighted by molar-refractivity contribution is 0.0926. The summed E-state index contributed by atoms with van der Waals surface area (Å²) < 4.78 is 1.77. The van der Waals surface area contributed by atoms with Crippen molar-refractivity contribution < 1.29 is 4.79 Å². The first-order valence-corrected chi connectivity index (χ1v) is 9.12. The molecule has 1 aliphatic carbocycles. The van der Waals surface area contributed by atoms with E-state index in [9.17, 15) is 4.79 Å². The van der Waals surface area contributed by atoms with Gasteiger partial charge in [-0.1, -0.05) is 12.8 Å². The molecule has 1 N–H and O–H groups in total. The van der Waals surface area contributed by atoms with Gasteiger partial charge in [0.25, 0.3) is 5.91 Å². The fourth-order valence-corrected chi connectivity index (χ4v) is 4.15. The summed E-state index contributed by atoms with van der Waals surface area (Å²) in [6, 6.07) is 4.49. The minimum Gasteiger partial charge on any atom is -0.352 e. The van der Waals surface area contributed by atoms with Crippen molar-refractivity contribution in [1.82, 2.24) is 24.8 Å². The standard InChI is InChI=1S/C18H25N5O/c24-18(16-6-3-9-23-13-20-21-17(16)23)19-12-14-7-10-22(11-8-14)15-4-1-2-5-15/h3,6,9,13-15H,1-2,4-5,7-8,10-12H2,(H,19,24). The third-order valence-corrected chi connectivity index (χ3v) is 5.61. The number of carbonyl (C=O) groups excluding carboxylic acids is 1. The molecule has 2 fully saturated rings. The van der Waals surface area contributed by atoms with Gasteiger partial charge in [-0.2, -0.15) is 0 Å². The molecular weight excluding hydrogens is 302 g/mol. The topological polar surface area (TPSA) is 62.5 Å². The normalized spacial score (nSPS) is 20.7. The van der Waals surface area contributed by atoms with Gasteiger partial charge < -0.3 is 10.2 Å². The maximum atomic E-state index is 12.5. The number of rotatable bonds is 4. The molecule has 0 unspecified atom stereocenters. The van der Waals surface area contributed by atoms with Gasteiger partial charge in [-0.05, 0) is 56.8 Å². The first-order chi connectivity index (χ1) is 11.8. The van der Waals surface area contributed by atoms with Crippen LogP contribution in [0.5, 0.6) is 0 Å². The third-order valence-electron chi connectivity index (χ3n) is 5.61. The van der Waals surface area contributed by atoms with Crippen LogP contribution in [0.3, 0.4) is 0 Å². The lowest BCUT2D eigenvalue weighted by Gasteiger charge is -2.36. The van der Waals surface area contributed by atoms with E-state index in [0.29, 0.717) is 17.1 Å². The number of carbonyl (C=O) groups is 1. The highest BCUT2D eigenvalue weighted by molar-refractivity contribution is 5.99. The van der Waals surface area contributed by atoms with Crippen molar-refractivity contribution >= 4 is 11.6 Å². The Kier molecular flexibility index (Phi) is 4.47. The van der Waals surface area contributed by atoms with Crippen LogP contribution in [-0.4, -0.2) is 51.1 Å². The van der Waals surface area contributed by atoms with E-state index in [1.807, 2.05) is 18.3 Å². The van der Waals surface area contributed by atoms with E-state index in [-0.39, 0.29) is 5.91 Å². The zero-order chi connectivity index (χ0) is 16.4. The minimum absolute atomic E-state index is 0.0492. The highest BCUT2D eigenvalue weighted by atomic mass is 16.1. The molecule has 24 heavy (non-hydrogen) atoms. The van der Waals surface area contributed by atoms with Crippen molar-refractivity contribution in [3.05, 3.63) is 30.2 Å². The summed E-state index contributed by atoms with van der Waals surface area (Å²) >= 11 is 0. The largest absolute Gasteiger partial charge is 0.352 e. The summed E-state index contributed by atoms with van der Waals surface area (Å²) in [5.41, 5.74) is 1.21. The number of piperidine rings is 1. The Morgan fingerprint density at radius 2 is 2.00 bits per heavy atom. The molecule has 2 aliphatic rings. The summed E-state index contributed by atoms with van der Waals surface area (Å²) in [6.45, 7) is 3.13. The Bertz CT molecular complexity index is 698. The van der Waals surface area contributed by atoms with E-state index in [1.165, 1.54) is 51.6 Å². The zero-order valence-corrected chi connectivity index (χ0v) is 14.0. The molecule has 1 aliphatic heterocycles. The molecule has 2 aromatic heterocycles. The molecular formula is C18H25N5O. The summed E-state index contributed by atoms with van der Waals surface area (Å²) in [6.07, 6.45) is 11.4. The van der Waals surface area contributed by atoms with Crippen LogP contribution in [0.2, 0.25) is 0 Å². The summed E-state index contributed by atoms with van der Waals surface area (Å²) in [5.74, 6) is 0.538. The number of nitrogens with one attached hydrogen (secondary N) is 1. The van der Waals surface area contributed by atoms with Crippen LogP contribution in [0.1, 0.15) is 48.9 Å². The van der Waals surface area contributed by atoms with Gasteiger partial charge in [0.1, 0.15) is 6.33 Å². The number of hydrogen-bond acceptors (Lipinski definition) is 4. The van der Waals surface area contributed by atoms with E-state index in [2.05, 4.69) is 20.4 Å². The smallest absolute Gasteiger partial charge is 0.255 e. The van der Waals surface area contributed by atoms with Crippen molar-refractivity contribution in [2.75, 3.05) is 19.6 Å². The Labute approximate surface area is 142 Å². The number of fused-ring (bicyclic) bond motifs is 1. The molecule has 6 heteroatoms. The highest BCUT2D eigenvalue weighted by Gasteiger charge is 2.27. The first kappa shape index (κ1) is 15.6. The van der Waals surface area contributed by atoms with Gasteiger partial charge in [0.2, 0.25) is 0 Å². The summed E-state index contributed by atoms with van der Waals surface area (Å²) in [5, 5.41) is 11.0. The second-order valence-corrected chi connectivity index (χ2v) is 7.11. The number of aromatic nitrogens is 3. The molecule has 3 heterocycles. The van der Waals surface area contributed by atoms with Gasteiger partial charge in [-0.3, -0.25) is 9.20 Å². The average Bonchev–Trinajstić information content (AvgIpc) is 3.31. The predicted molar refractivity (Wildman–Crippen MR) is 91.9 cm³/mol. The maximum Gasteiger partial charge on any atom is 0.255 e. The van der Waals surface area contributed by atoms with E-state index in [0.717, 1.165) is 12.6 Å². The van der Waals surface area contributed by atoms with Crippen LogP contribution >= 0.6 is 0 Å². The predicted octanol–water partition coefficient (Wildman–Crippen LogP) is 2.11. The average molecular weight is 327 g/mol. The molecule has 128 valence electrons. The molecule has 0 atom stereocenters. The third kappa shape index (κ3) is 3.15. The fraction of sp³-hybridized carbons (Fsp3) is 0.611. The Morgan fingerprint density at radius 3 is 2.79 bits per heavy atom. The van der Waals surface area contributed by atoms with Crippen LogP contribution < -0.4 is 5.32 Å². The SMILES string of the molecule is O=C(NCC1CCN(C2CCCC2)CC1)c1cccn2cnnc12. The van der Waals surface area contributed by atoms with Crippen molar-refractivity contribution in [2.45, 2.75) is 44.6 Å². The van der Waals surface area contributed by atoms with Gasteiger partial charge in [0.15, 0.2) is 5.65 Å². The molecule has 4 rings (SSSR count). The van der Waals surface area contributed by atoms with Crippen LogP contribution in [-0.2, 0) is 0 Å². The lowest BCUT2D eigenvalue weighted by atomic mass is 9.95. The molecule has 0 spiro atoms. The molecule has 2 aromatic rings. The van der Waals surface area contributed by atoms with Crippen molar-refractivity contribution in [2.24, 2.45) is 5.92 Å². The van der Waals surface area contributed by atoms with Crippen LogP contribution in [0.4, 0.5) is 0 Å².